The van der Waals surface area contributed by atoms with Crippen molar-refractivity contribution < 1.29 is 9.53 Å². The van der Waals surface area contributed by atoms with Gasteiger partial charge in [-0.15, -0.1) is 21.5 Å². The van der Waals surface area contributed by atoms with E-state index in [2.05, 4.69) is 22.4 Å². The Balaban J connectivity index is 1.52. The summed E-state index contributed by atoms with van der Waals surface area (Å²) < 4.78 is 5.70. The second-order valence-electron chi connectivity index (χ2n) is 5.78. The van der Waals surface area contributed by atoms with Gasteiger partial charge in [-0.1, -0.05) is 43.6 Å². The number of unbranched alkanes of at least 4 members (excludes halogenated alkanes) is 3. The number of hydrogen-bond acceptors (Lipinski definition) is 6. The third kappa shape index (κ3) is 5.12. The Morgan fingerprint density at radius 1 is 1.12 bits per heavy atom. The highest BCUT2D eigenvalue weighted by atomic mass is 32.1. The van der Waals surface area contributed by atoms with Crippen LogP contribution in [0.15, 0.2) is 41.8 Å². The third-order valence-electron chi connectivity index (χ3n) is 3.76. The summed E-state index contributed by atoms with van der Waals surface area (Å²) in [5, 5.41) is 14.2. The zero-order chi connectivity index (χ0) is 18.2. The van der Waals surface area contributed by atoms with Crippen molar-refractivity contribution in [3.63, 3.8) is 0 Å². The van der Waals surface area contributed by atoms with Crippen LogP contribution < -0.4 is 10.1 Å². The molecule has 0 aliphatic heterocycles. The van der Waals surface area contributed by atoms with Crippen molar-refractivity contribution in [2.45, 2.75) is 32.6 Å². The van der Waals surface area contributed by atoms with Gasteiger partial charge >= 0.3 is 0 Å². The summed E-state index contributed by atoms with van der Waals surface area (Å²) >= 11 is 2.96. The molecular weight excluding hydrogens is 366 g/mol. The standard InChI is InChI=1S/C19H21N3O2S2/c1-2-3-4-5-12-24-15-10-8-14(9-11-15)17(23)20-19-22-21-18(26-19)16-7-6-13-25-16/h6-11,13H,2-5,12H2,1H3,(H,20,22,23). The van der Waals surface area contributed by atoms with Crippen LogP contribution in [0.25, 0.3) is 9.88 Å². The van der Waals surface area contributed by atoms with Crippen molar-refractivity contribution in [3.8, 4) is 15.6 Å². The first-order valence-electron chi connectivity index (χ1n) is 8.68. The number of nitrogens with zero attached hydrogens (tertiary/aromatic N) is 2. The van der Waals surface area contributed by atoms with E-state index in [0.29, 0.717) is 17.3 Å². The maximum Gasteiger partial charge on any atom is 0.257 e. The molecule has 7 heteroatoms. The van der Waals surface area contributed by atoms with Crippen LogP contribution in [0.2, 0.25) is 0 Å². The smallest absolute Gasteiger partial charge is 0.257 e. The fourth-order valence-electron chi connectivity index (χ4n) is 2.36. The second kappa shape index (κ2) is 9.45. The van der Waals surface area contributed by atoms with Crippen LogP contribution in [0.3, 0.4) is 0 Å². The molecule has 1 N–H and O–H groups in total. The zero-order valence-electron chi connectivity index (χ0n) is 14.6. The Bertz CT molecular complexity index is 814. The molecule has 2 aromatic heterocycles. The van der Waals surface area contributed by atoms with Crippen LogP contribution in [-0.4, -0.2) is 22.7 Å². The monoisotopic (exact) mass is 387 g/mol. The van der Waals surface area contributed by atoms with Crippen molar-refractivity contribution >= 4 is 33.7 Å². The minimum Gasteiger partial charge on any atom is -0.494 e. The largest absolute Gasteiger partial charge is 0.494 e. The number of rotatable bonds is 9. The van der Waals surface area contributed by atoms with Gasteiger partial charge in [-0.25, -0.2) is 0 Å². The molecule has 0 unspecified atom stereocenters. The topological polar surface area (TPSA) is 64.1 Å². The molecule has 0 saturated carbocycles. The van der Waals surface area contributed by atoms with Crippen molar-refractivity contribution in [2.75, 3.05) is 11.9 Å². The van der Waals surface area contributed by atoms with Gasteiger partial charge in [0.15, 0.2) is 5.01 Å². The highest BCUT2D eigenvalue weighted by Gasteiger charge is 2.12. The lowest BCUT2D eigenvalue weighted by atomic mass is 10.2. The van der Waals surface area contributed by atoms with Crippen molar-refractivity contribution in [1.82, 2.24) is 10.2 Å². The molecule has 0 aliphatic rings. The molecule has 0 bridgehead atoms. The fourth-order valence-corrected chi connectivity index (χ4v) is 3.89. The lowest BCUT2D eigenvalue weighted by Gasteiger charge is -2.07. The minimum atomic E-state index is -0.201. The molecular formula is C19H21N3O2S2. The van der Waals surface area contributed by atoms with Gasteiger partial charge in [-0.2, -0.15) is 0 Å². The number of aromatic nitrogens is 2. The molecule has 0 radical (unpaired) electrons. The number of benzene rings is 1. The number of amides is 1. The summed E-state index contributed by atoms with van der Waals surface area (Å²) in [7, 11) is 0. The molecule has 136 valence electrons. The highest BCUT2D eigenvalue weighted by molar-refractivity contribution is 7.23. The molecule has 5 nitrogen and oxygen atoms in total. The van der Waals surface area contributed by atoms with E-state index in [1.807, 2.05) is 29.6 Å². The summed E-state index contributed by atoms with van der Waals surface area (Å²) in [4.78, 5) is 13.4. The summed E-state index contributed by atoms with van der Waals surface area (Å²) in [5.74, 6) is 0.585. The predicted molar refractivity (Wildman–Crippen MR) is 107 cm³/mol. The fraction of sp³-hybridized carbons (Fsp3) is 0.316. The number of carbonyl (C=O) groups is 1. The first-order valence-corrected chi connectivity index (χ1v) is 10.4. The van der Waals surface area contributed by atoms with E-state index in [9.17, 15) is 4.79 Å². The summed E-state index contributed by atoms with van der Waals surface area (Å²) in [6, 6.07) is 11.1. The van der Waals surface area contributed by atoms with Gasteiger partial charge < -0.3 is 4.74 Å². The molecule has 0 spiro atoms. The Morgan fingerprint density at radius 2 is 1.96 bits per heavy atom. The summed E-state index contributed by atoms with van der Waals surface area (Å²) in [5.41, 5.74) is 0.566. The zero-order valence-corrected chi connectivity index (χ0v) is 16.2. The van der Waals surface area contributed by atoms with Crippen LogP contribution in [0.4, 0.5) is 5.13 Å². The number of anilines is 1. The second-order valence-corrected chi connectivity index (χ2v) is 7.70. The van der Waals surface area contributed by atoms with E-state index in [-0.39, 0.29) is 5.91 Å². The first kappa shape index (κ1) is 18.5. The van der Waals surface area contributed by atoms with E-state index >= 15 is 0 Å². The van der Waals surface area contributed by atoms with Gasteiger partial charge in [0.2, 0.25) is 5.13 Å². The number of carbonyl (C=O) groups excluding carboxylic acids is 1. The van der Waals surface area contributed by atoms with Gasteiger partial charge in [0, 0.05) is 5.56 Å². The Labute approximate surface area is 161 Å². The highest BCUT2D eigenvalue weighted by Crippen LogP contribution is 2.29. The van der Waals surface area contributed by atoms with Gasteiger partial charge in [-0.05, 0) is 42.1 Å². The van der Waals surface area contributed by atoms with Gasteiger partial charge in [0.25, 0.3) is 5.91 Å². The molecule has 1 amide bonds. The number of nitrogens with one attached hydrogen (secondary N) is 1. The van der Waals surface area contributed by atoms with Crippen LogP contribution in [0.1, 0.15) is 43.0 Å². The van der Waals surface area contributed by atoms with Crippen LogP contribution in [-0.2, 0) is 0 Å². The predicted octanol–water partition coefficient (Wildman–Crippen LogP) is 5.48. The van der Waals surface area contributed by atoms with Gasteiger partial charge in [-0.3, -0.25) is 10.1 Å². The number of hydrogen-bond donors (Lipinski definition) is 1. The van der Waals surface area contributed by atoms with E-state index in [4.69, 9.17) is 4.74 Å². The maximum atomic E-state index is 12.3. The van der Waals surface area contributed by atoms with E-state index in [1.165, 1.54) is 30.6 Å². The minimum absolute atomic E-state index is 0.201. The molecule has 0 saturated heterocycles. The van der Waals surface area contributed by atoms with Gasteiger partial charge in [0.05, 0.1) is 11.5 Å². The number of ether oxygens (including phenoxy) is 1. The molecule has 0 atom stereocenters. The molecule has 1 aromatic carbocycles. The average molecular weight is 388 g/mol. The van der Waals surface area contributed by atoms with Crippen LogP contribution >= 0.6 is 22.7 Å². The lowest BCUT2D eigenvalue weighted by Crippen LogP contribution is -2.11. The molecule has 0 fully saturated rings. The molecule has 3 aromatic rings. The van der Waals surface area contributed by atoms with E-state index in [1.54, 1.807) is 23.5 Å². The SMILES string of the molecule is CCCCCCOc1ccc(C(=O)Nc2nnc(-c3cccs3)s2)cc1. The molecule has 0 aliphatic carbocycles. The lowest BCUT2D eigenvalue weighted by molar-refractivity contribution is 0.102. The van der Waals surface area contributed by atoms with Crippen molar-refractivity contribution in [3.05, 3.63) is 47.3 Å². The molecule has 26 heavy (non-hydrogen) atoms. The maximum absolute atomic E-state index is 12.3. The average Bonchev–Trinajstić information content (AvgIpc) is 3.33. The first-order chi connectivity index (χ1) is 12.8. The third-order valence-corrected chi connectivity index (χ3v) is 5.64. The van der Waals surface area contributed by atoms with E-state index < -0.39 is 0 Å². The summed E-state index contributed by atoms with van der Waals surface area (Å²) in [6.07, 6.45) is 4.70. The molecule has 2 heterocycles. The summed E-state index contributed by atoms with van der Waals surface area (Å²) in [6.45, 7) is 2.90. The van der Waals surface area contributed by atoms with Gasteiger partial charge in [0.1, 0.15) is 5.75 Å². The van der Waals surface area contributed by atoms with Crippen molar-refractivity contribution in [1.29, 1.82) is 0 Å². The quantitative estimate of drug-likeness (QED) is 0.494. The molecule has 3 rings (SSSR count). The van der Waals surface area contributed by atoms with E-state index in [0.717, 1.165) is 22.1 Å². The Hall–Kier alpha value is -2.25. The Kier molecular flexibility index (Phi) is 6.74. The number of thiophene rings is 1. The van der Waals surface area contributed by atoms with Crippen molar-refractivity contribution in [2.24, 2.45) is 0 Å². The Morgan fingerprint density at radius 3 is 2.69 bits per heavy atom. The van der Waals surface area contributed by atoms with Crippen LogP contribution in [0, 0.1) is 0 Å². The van der Waals surface area contributed by atoms with Crippen LogP contribution in [0.5, 0.6) is 5.75 Å². The normalized spacial score (nSPS) is 10.7.